The summed E-state index contributed by atoms with van der Waals surface area (Å²) in [6.07, 6.45) is 2.60. The van der Waals surface area contributed by atoms with Crippen LogP contribution in [0.3, 0.4) is 0 Å². The van der Waals surface area contributed by atoms with Gasteiger partial charge in [-0.15, -0.1) is 0 Å². The third-order valence-corrected chi connectivity index (χ3v) is 4.46. The normalized spacial score (nSPS) is 11.0. The van der Waals surface area contributed by atoms with Crippen LogP contribution in [0.1, 0.15) is 10.4 Å². The van der Waals surface area contributed by atoms with Crippen molar-refractivity contribution in [2.24, 2.45) is 0 Å². The van der Waals surface area contributed by atoms with Gasteiger partial charge in [-0.2, -0.15) is 5.10 Å². The quantitative estimate of drug-likeness (QED) is 0.489. The fourth-order valence-electron chi connectivity index (χ4n) is 3.05. The number of carbonyl (C=O) groups excluding carboxylic acids is 1. The Labute approximate surface area is 162 Å². The van der Waals surface area contributed by atoms with Crippen molar-refractivity contribution >= 4 is 22.6 Å². The number of aromatic amines is 1. The van der Waals surface area contributed by atoms with Gasteiger partial charge >= 0.3 is 0 Å². The van der Waals surface area contributed by atoms with Crippen molar-refractivity contribution < 1.29 is 13.6 Å². The van der Waals surface area contributed by atoms with Crippen LogP contribution in [0, 0.1) is 11.6 Å². The zero-order chi connectivity index (χ0) is 20.7. The number of rotatable bonds is 3. The number of H-pyrrole nitrogens is 1. The summed E-state index contributed by atoms with van der Waals surface area (Å²) in [5.41, 5.74) is 5.80. The van der Waals surface area contributed by atoms with Gasteiger partial charge in [0.2, 0.25) is 0 Å². The minimum atomic E-state index is -0.914. The average Bonchev–Trinajstić information content (AvgIpc) is 3.11. The molecule has 8 nitrogen and oxygen atoms in total. The molecule has 0 radical (unpaired) electrons. The van der Waals surface area contributed by atoms with E-state index in [1.165, 1.54) is 31.6 Å². The Balaban J connectivity index is 2.02. The topological polar surface area (TPSA) is 119 Å². The lowest BCUT2D eigenvalue weighted by Crippen LogP contribution is -2.21. The first-order valence-corrected chi connectivity index (χ1v) is 8.44. The van der Waals surface area contributed by atoms with Crippen molar-refractivity contribution in [2.45, 2.75) is 0 Å². The molecule has 3 aromatic heterocycles. The molecule has 1 aromatic carbocycles. The SMILES string of the molecule is CNC(=O)c1ccc(-c2cn(-c3c(F)cccc3F)c(=O)c3c(N)n[nH]c23)nc1. The number of hydrogen-bond acceptors (Lipinski definition) is 5. The Morgan fingerprint density at radius 3 is 2.55 bits per heavy atom. The van der Waals surface area contributed by atoms with Crippen molar-refractivity contribution in [3.63, 3.8) is 0 Å². The van der Waals surface area contributed by atoms with Crippen molar-refractivity contribution in [1.29, 1.82) is 0 Å². The summed E-state index contributed by atoms with van der Waals surface area (Å²) in [4.78, 5) is 28.9. The molecule has 0 atom stereocenters. The highest BCUT2D eigenvalue weighted by Gasteiger charge is 2.20. The van der Waals surface area contributed by atoms with E-state index in [-0.39, 0.29) is 22.6 Å². The lowest BCUT2D eigenvalue weighted by molar-refractivity contribution is 0.0962. The van der Waals surface area contributed by atoms with E-state index in [9.17, 15) is 18.4 Å². The maximum Gasteiger partial charge on any atom is 0.268 e. The molecule has 4 rings (SSSR count). The monoisotopic (exact) mass is 396 g/mol. The van der Waals surface area contributed by atoms with Crippen molar-refractivity contribution in [3.8, 4) is 16.9 Å². The number of nitrogens with two attached hydrogens (primary N) is 1. The number of pyridine rings is 2. The summed E-state index contributed by atoms with van der Waals surface area (Å²) in [5, 5.41) is 8.96. The van der Waals surface area contributed by atoms with Gasteiger partial charge < -0.3 is 11.1 Å². The first-order valence-electron chi connectivity index (χ1n) is 8.44. The molecule has 10 heteroatoms. The highest BCUT2D eigenvalue weighted by atomic mass is 19.1. The summed E-state index contributed by atoms with van der Waals surface area (Å²) in [5.74, 6) is -2.26. The Morgan fingerprint density at radius 1 is 1.21 bits per heavy atom. The number of nitrogens with one attached hydrogen (secondary N) is 2. The number of carbonyl (C=O) groups is 1. The zero-order valence-electron chi connectivity index (χ0n) is 15.0. The predicted molar refractivity (Wildman–Crippen MR) is 103 cm³/mol. The van der Waals surface area contributed by atoms with E-state index in [1.54, 1.807) is 6.07 Å². The smallest absolute Gasteiger partial charge is 0.268 e. The summed E-state index contributed by atoms with van der Waals surface area (Å²) in [6.45, 7) is 0. The van der Waals surface area contributed by atoms with Gasteiger partial charge in [0.05, 0.1) is 16.8 Å². The van der Waals surface area contributed by atoms with E-state index in [1.807, 2.05) is 0 Å². The number of nitrogen functional groups attached to an aromatic ring is 1. The van der Waals surface area contributed by atoms with Crippen molar-refractivity contribution in [2.75, 3.05) is 12.8 Å². The number of amides is 1. The molecule has 0 aliphatic carbocycles. The predicted octanol–water partition coefficient (Wildman–Crippen LogP) is 2.00. The van der Waals surface area contributed by atoms with E-state index in [0.717, 1.165) is 16.7 Å². The van der Waals surface area contributed by atoms with Crippen LogP contribution in [-0.4, -0.2) is 32.7 Å². The first-order chi connectivity index (χ1) is 13.9. The van der Waals surface area contributed by atoms with Gasteiger partial charge in [-0.05, 0) is 24.3 Å². The molecule has 0 fully saturated rings. The standard InChI is InChI=1S/C19H14F2N6O2/c1-23-18(28)9-5-6-13(24-7-9)10-8-27(16-11(20)3-2-4-12(16)21)19(29)14-15(10)25-26-17(14)22/h2-8H,1H3,(H,23,28)(H3,22,25,26). The molecule has 0 unspecified atom stereocenters. The fraction of sp³-hybridized carbons (Fsp3) is 0.0526. The van der Waals surface area contributed by atoms with Gasteiger partial charge in [0.1, 0.15) is 22.7 Å². The highest BCUT2D eigenvalue weighted by Crippen LogP contribution is 2.28. The maximum atomic E-state index is 14.3. The van der Waals surface area contributed by atoms with Gasteiger partial charge in [-0.3, -0.25) is 24.2 Å². The minimum Gasteiger partial charge on any atom is -0.382 e. The second kappa shape index (κ2) is 6.82. The van der Waals surface area contributed by atoms with Crippen LogP contribution in [0.4, 0.5) is 14.6 Å². The summed E-state index contributed by atoms with van der Waals surface area (Å²) < 4.78 is 29.5. The maximum absolute atomic E-state index is 14.3. The molecule has 0 saturated heterocycles. The van der Waals surface area contributed by atoms with Crippen LogP contribution < -0.4 is 16.6 Å². The van der Waals surface area contributed by atoms with Crippen LogP contribution in [0.2, 0.25) is 0 Å². The molecule has 146 valence electrons. The summed E-state index contributed by atoms with van der Waals surface area (Å²) in [7, 11) is 1.49. The Kier molecular flexibility index (Phi) is 4.30. The highest BCUT2D eigenvalue weighted by molar-refractivity contribution is 5.98. The van der Waals surface area contributed by atoms with Gasteiger partial charge in [-0.1, -0.05) is 6.07 Å². The summed E-state index contributed by atoms with van der Waals surface area (Å²) >= 11 is 0. The number of halogens is 2. The molecule has 0 bridgehead atoms. The van der Waals surface area contributed by atoms with E-state index >= 15 is 0 Å². The van der Waals surface area contributed by atoms with Gasteiger partial charge in [0.15, 0.2) is 5.82 Å². The van der Waals surface area contributed by atoms with Crippen LogP contribution in [0.25, 0.3) is 27.8 Å². The molecular formula is C19H14F2N6O2. The van der Waals surface area contributed by atoms with Gasteiger partial charge in [-0.25, -0.2) is 8.78 Å². The molecule has 0 aliphatic rings. The number of aromatic nitrogens is 4. The molecule has 29 heavy (non-hydrogen) atoms. The van der Waals surface area contributed by atoms with Gasteiger partial charge in [0.25, 0.3) is 11.5 Å². The Hall–Kier alpha value is -4.08. The number of para-hydroxylation sites is 1. The number of hydrogen-bond donors (Lipinski definition) is 3. The second-order valence-corrected chi connectivity index (χ2v) is 6.16. The number of nitrogens with zero attached hydrogens (tertiary/aromatic N) is 3. The molecule has 4 aromatic rings. The molecule has 3 heterocycles. The van der Waals surface area contributed by atoms with Crippen molar-refractivity contribution in [1.82, 2.24) is 25.1 Å². The van der Waals surface area contributed by atoms with Crippen molar-refractivity contribution in [3.05, 3.63) is 70.3 Å². The number of fused-ring (bicyclic) bond motifs is 1. The third kappa shape index (κ3) is 2.90. The lowest BCUT2D eigenvalue weighted by Gasteiger charge is -2.12. The third-order valence-electron chi connectivity index (χ3n) is 4.46. The van der Waals surface area contributed by atoms with Gasteiger partial charge in [0, 0.05) is 25.0 Å². The lowest BCUT2D eigenvalue weighted by atomic mass is 10.1. The van der Waals surface area contributed by atoms with Crippen LogP contribution >= 0.6 is 0 Å². The summed E-state index contributed by atoms with van der Waals surface area (Å²) in [6, 6.07) is 6.37. The van der Waals surface area contributed by atoms with E-state index in [0.29, 0.717) is 16.8 Å². The van der Waals surface area contributed by atoms with Crippen LogP contribution in [-0.2, 0) is 0 Å². The Bertz CT molecular complexity index is 1290. The molecule has 0 aliphatic heterocycles. The van der Waals surface area contributed by atoms with E-state index in [2.05, 4.69) is 20.5 Å². The Morgan fingerprint density at radius 2 is 1.93 bits per heavy atom. The van der Waals surface area contributed by atoms with Crippen LogP contribution in [0.5, 0.6) is 0 Å². The molecule has 0 saturated carbocycles. The van der Waals surface area contributed by atoms with Crippen LogP contribution in [0.15, 0.2) is 47.5 Å². The zero-order valence-corrected chi connectivity index (χ0v) is 15.0. The van der Waals surface area contributed by atoms with E-state index in [4.69, 9.17) is 5.73 Å². The van der Waals surface area contributed by atoms with E-state index < -0.39 is 22.9 Å². The number of benzene rings is 1. The largest absolute Gasteiger partial charge is 0.382 e. The minimum absolute atomic E-state index is 0.0256. The molecule has 1 amide bonds. The number of anilines is 1. The first kappa shape index (κ1) is 18.3. The second-order valence-electron chi connectivity index (χ2n) is 6.16. The average molecular weight is 396 g/mol. The molecular weight excluding hydrogens is 382 g/mol. The fourth-order valence-corrected chi connectivity index (χ4v) is 3.05. The molecule has 0 spiro atoms. The molecule has 4 N–H and O–H groups in total.